The molecule has 1 aliphatic carbocycles. The molecule has 1 saturated carbocycles. The van der Waals surface area contributed by atoms with Crippen LogP contribution in [-0.4, -0.2) is 23.4 Å². The molecule has 2 aliphatic rings. The molecule has 1 saturated heterocycles. The summed E-state index contributed by atoms with van der Waals surface area (Å²) in [6.45, 7) is 0.960. The van der Waals surface area contributed by atoms with Crippen LogP contribution in [0.15, 0.2) is 48.5 Å². The molecule has 0 aromatic heterocycles. The van der Waals surface area contributed by atoms with Crippen LogP contribution < -0.4 is 0 Å². The zero-order valence-electron chi connectivity index (χ0n) is 15.9. The zero-order valence-corrected chi connectivity index (χ0v) is 16.6. The SMILES string of the molecule is O=C1CCCN1C1CCCC(Cc2c(Cl)cccc2Cc2ccccc2)C1. The highest BCUT2D eigenvalue weighted by atomic mass is 35.5. The van der Waals surface area contributed by atoms with Crippen molar-refractivity contribution in [2.75, 3.05) is 6.54 Å². The van der Waals surface area contributed by atoms with Gasteiger partial charge in [0.2, 0.25) is 5.91 Å². The van der Waals surface area contributed by atoms with Gasteiger partial charge in [0.25, 0.3) is 0 Å². The molecule has 2 aromatic rings. The second kappa shape index (κ2) is 8.48. The maximum Gasteiger partial charge on any atom is 0.222 e. The van der Waals surface area contributed by atoms with Crippen molar-refractivity contribution in [3.8, 4) is 0 Å². The number of hydrogen-bond acceptors (Lipinski definition) is 1. The van der Waals surface area contributed by atoms with Gasteiger partial charge in [-0.2, -0.15) is 0 Å². The molecule has 3 heteroatoms. The number of rotatable bonds is 5. The summed E-state index contributed by atoms with van der Waals surface area (Å²) < 4.78 is 0. The molecule has 0 spiro atoms. The van der Waals surface area contributed by atoms with E-state index >= 15 is 0 Å². The summed E-state index contributed by atoms with van der Waals surface area (Å²) in [4.78, 5) is 14.3. The first-order chi connectivity index (χ1) is 13.2. The van der Waals surface area contributed by atoms with E-state index in [1.807, 2.05) is 6.07 Å². The van der Waals surface area contributed by atoms with E-state index in [9.17, 15) is 4.79 Å². The van der Waals surface area contributed by atoms with E-state index in [1.54, 1.807) is 0 Å². The summed E-state index contributed by atoms with van der Waals surface area (Å²) in [6.07, 6.45) is 8.49. The average Bonchev–Trinajstić information content (AvgIpc) is 3.12. The van der Waals surface area contributed by atoms with Crippen LogP contribution >= 0.6 is 11.6 Å². The number of halogens is 1. The summed E-state index contributed by atoms with van der Waals surface area (Å²) in [5.74, 6) is 0.981. The Hall–Kier alpha value is -1.80. The van der Waals surface area contributed by atoms with E-state index < -0.39 is 0 Å². The number of hydrogen-bond donors (Lipinski definition) is 0. The van der Waals surface area contributed by atoms with Crippen LogP contribution in [0.1, 0.15) is 55.2 Å². The van der Waals surface area contributed by atoms with Crippen LogP contribution in [0.5, 0.6) is 0 Å². The van der Waals surface area contributed by atoms with Gasteiger partial charge in [-0.1, -0.05) is 60.5 Å². The molecule has 2 atom stereocenters. The van der Waals surface area contributed by atoms with Gasteiger partial charge < -0.3 is 4.90 Å². The van der Waals surface area contributed by atoms with Crippen LogP contribution in [0, 0.1) is 5.92 Å². The molecule has 0 N–H and O–H groups in total. The maximum atomic E-state index is 12.2. The van der Waals surface area contributed by atoms with E-state index in [0.29, 0.717) is 17.9 Å². The lowest BCUT2D eigenvalue weighted by Gasteiger charge is -2.35. The molecule has 1 aliphatic heterocycles. The van der Waals surface area contributed by atoms with Gasteiger partial charge >= 0.3 is 0 Å². The van der Waals surface area contributed by atoms with Gasteiger partial charge in [-0.15, -0.1) is 0 Å². The van der Waals surface area contributed by atoms with Crippen LogP contribution in [0.2, 0.25) is 5.02 Å². The molecular formula is C24H28ClNO. The minimum Gasteiger partial charge on any atom is -0.340 e. The van der Waals surface area contributed by atoms with Crippen molar-refractivity contribution >= 4 is 17.5 Å². The third-order valence-electron chi connectivity index (χ3n) is 6.25. The van der Waals surface area contributed by atoms with Crippen molar-refractivity contribution in [2.45, 2.75) is 57.4 Å². The number of carbonyl (C=O) groups excluding carboxylic acids is 1. The highest BCUT2D eigenvalue weighted by Crippen LogP contribution is 2.35. The standard InChI is InChI=1S/C24H28ClNO/c25-23-12-5-10-20(15-18-7-2-1-3-8-18)22(23)17-19-9-4-11-21(16-19)26-14-6-13-24(26)27/h1-3,5,7-8,10,12,19,21H,4,6,9,11,13-17H2. The number of carbonyl (C=O) groups is 1. The van der Waals surface area contributed by atoms with E-state index in [4.69, 9.17) is 11.6 Å². The van der Waals surface area contributed by atoms with Gasteiger partial charge in [0.1, 0.15) is 0 Å². The second-order valence-electron chi connectivity index (χ2n) is 8.12. The topological polar surface area (TPSA) is 20.3 Å². The molecule has 2 aromatic carbocycles. The predicted molar refractivity (Wildman–Crippen MR) is 111 cm³/mol. The van der Waals surface area contributed by atoms with Crippen molar-refractivity contribution in [2.24, 2.45) is 5.92 Å². The number of nitrogens with zero attached hydrogens (tertiary/aromatic N) is 1. The smallest absolute Gasteiger partial charge is 0.222 e. The van der Waals surface area contributed by atoms with Crippen LogP contribution in [0.3, 0.4) is 0 Å². The van der Waals surface area contributed by atoms with Crippen molar-refractivity contribution in [3.63, 3.8) is 0 Å². The summed E-state index contributed by atoms with van der Waals surface area (Å²) in [7, 11) is 0. The molecule has 1 amide bonds. The van der Waals surface area contributed by atoms with Gasteiger partial charge in [0.15, 0.2) is 0 Å². The maximum absolute atomic E-state index is 12.2. The van der Waals surface area contributed by atoms with Crippen LogP contribution in [-0.2, 0) is 17.6 Å². The molecule has 2 unspecified atom stereocenters. The number of amides is 1. The van der Waals surface area contributed by atoms with Crippen molar-refractivity contribution < 1.29 is 4.79 Å². The van der Waals surface area contributed by atoms with Crippen molar-refractivity contribution in [1.82, 2.24) is 4.90 Å². The fourth-order valence-corrected chi connectivity index (χ4v) is 5.16. The first-order valence-electron chi connectivity index (χ1n) is 10.3. The Labute approximate surface area is 167 Å². The normalized spacial score (nSPS) is 23.0. The van der Waals surface area contributed by atoms with Gasteiger partial charge in [-0.05, 0) is 67.2 Å². The molecule has 2 nitrogen and oxygen atoms in total. The Bertz CT molecular complexity index is 788. The summed E-state index contributed by atoms with van der Waals surface area (Å²) >= 11 is 6.64. The van der Waals surface area contributed by atoms with E-state index in [1.165, 1.54) is 36.0 Å². The molecule has 1 heterocycles. The molecule has 4 rings (SSSR count). The van der Waals surface area contributed by atoms with Gasteiger partial charge in [0, 0.05) is 24.0 Å². The average molecular weight is 382 g/mol. The first kappa shape index (κ1) is 18.6. The first-order valence-corrected chi connectivity index (χ1v) is 10.7. The number of likely N-dealkylation sites (tertiary alicyclic amines) is 1. The van der Waals surface area contributed by atoms with Gasteiger partial charge in [-0.3, -0.25) is 4.79 Å². The Morgan fingerprint density at radius 2 is 1.85 bits per heavy atom. The highest BCUT2D eigenvalue weighted by Gasteiger charge is 2.32. The van der Waals surface area contributed by atoms with Gasteiger partial charge in [0.05, 0.1) is 0 Å². The Kier molecular flexibility index (Phi) is 5.83. The summed E-state index contributed by atoms with van der Waals surface area (Å²) in [5, 5.41) is 0.891. The monoisotopic (exact) mass is 381 g/mol. The summed E-state index contributed by atoms with van der Waals surface area (Å²) in [6, 6.07) is 17.4. The van der Waals surface area contributed by atoms with E-state index in [0.717, 1.165) is 43.7 Å². The second-order valence-corrected chi connectivity index (χ2v) is 8.53. The van der Waals surface area contributed by atoms with Crippen LogP contribution in [0.25, 0.3) is 0 Å². The van der Waals surface area contributed by atoms with Crippen molar-refractivity contribution in [1.29, 1.82) is 0 Å². The Morgan fingerprint density at radius 3 is 2.63 bits per heavy atom. The number of benzene rings is 2. The zero-order chi connectivity index (χ0) is 18.6. The fraction of sp³-hybridized carbons (Fsp3) is 0.458. The molecule has 0 bridgehead atoms. The lowest BCUT2D eigenvalue weighted by molar-refractivity contribution is -0.130. The van der Waals surface area contributed by atoms with Gasteiger partial charge in [-0.25, -0.2) is 0 Å². The van der Waals surface area contributed by atoms with E-state index in [-0.39, 0.29) is 0 Å². The molecule has 0 radical (unpaired) electrons. The largest absolute Gasteiger partial charge is 0.340 e. The van der Waals surface area contributed by atoms with Crippen LogP contribution in [0.4, 0.5) is 0 Å². The lowest BCUT2D eigenvalue weighted by atomic mass is 9.80. The summed E-state index contributed by atoms with van der Waals surface area (Å²) in [5.41, 5.74) is 3.97. The molecule has 27 heavy (non-hydrogen) atoms. The molecular weight excluding hydrogens is 354 g/mol. The third kappa shape index (κ3) is 4.38. The minimum absolute atomic E-state index is 0.364. The quantitative estimate of drug-likeness (QED) is 0.654. The molecule has 142 valence electrons. The predicted octanol–water partition coefficient (Wildman–Crippen LogP) is 5.65. The highest BCUT2D eigenvalue weighted by molar-refractivity contribution is 6.31. The fourth-order valence-electron chi connectivity index (χ4n) is 4.89. The Morgan fingerprint density at radius 1 is 1.00 bits per heavy atom. The minimum atomic E-state index is 0.364. The third-order valence-corrected chi connectivity index (χ3v) is 6.61. The Balaban J connectivity index is 1.49. The lowest BCUT2D eigenvalue weighted by Crippen LogP contribution is -2.39. The van der Waals surface area contributed by atoms with Crippen molar-refractivity contribution in [3.05, 3.63) is 70.2 Å². The molecule has 2 fully saturated rings. The van der Waals surface area contributed by atoms with E-state index in [2.05, 4.69) is 47.4 Å².